The quantitative estimate of drug-likeness (QED) is 0.637. The summed E-state index contributed by atoms with van der Waals surface area (Å²) in [7, 11) is 3.20. The lowest BCUT2D eigenvalue weighted by Gasteiger charge is -2.11. The average molecular weight is 371 g/mol. The van der Waals surface area contributed by atoms with E-state index < -0.39 is 0 Å². The predicted molar refractivity (Wildman–Crippen MR) is 107 cm³/mol. The molecule has 0 aromatic heterocycles. The zero-order valence-electron chi connectivity index (χ0n) is 16.6. The fourth-order valence-electron chi connectivity index (χ4n) is 2.71. The molecule has 27 heavy (non-hydrogen) atoms. The number of ether oxygens (including phenoxy) is 3. The van der Waals surface area contributed by atoms with Crippen molar-refractivity contribution >= 4 is 5.91 Å². The first-order valence-corrected chi connectivity index (χ1v) is 9.21. The maximum Gasteiger partial charge on any atom is 0.220 e. The lowest BCUT2D eigenvalue weighted by molar-refractivity contribution is -0.121. The highest BCUT2D eigenvalue weighted by Gasteiger charge is 2.06. The van der Waals surface area contributed by atoms with E-state index in [0.717, 1.165) is 29.7 Å². The van der Waals surface area contributed by atoms with Crippen LogP contribution in [0, 0.1) is 13.8 Å². The van der Waals surface area contributed by atoms with Crippen LogP contribution in [0.25, 0.3) is 0 Å². The number of nitrogens with one attached hydrogen (secondary N) is 1. The first-order valence-electron chi connectivity index (χ1n) is 9.21. The number of carbonyl (C=O) groups excluding carboxylic acids is 1. The van der Waals surface area contributed by atoms with Gasteiger partial charge in [0, 0.05) is 13.0 Å². The summed E-state index contributed by atoms with van der Waals surface area (Å²) < 4.78 is 16.3. The highest BCUT2D eigenvalue weighted by molar-refractivity contribution is 5.75. The topological polar surface area (TPSA) is 56.8 Å². The van der Waals surface area contributed by atoms with Crippen molar-refractivity contribution in [3.05, 3.63) is 53.1 Å². The molecule has 0 saturated heterocycles. The number of benzene rings is 2. The fourth-order valence-corrected chi connectivity index (χ4v) is 2.71. The van der Waals surface area contributed by atoms with Gasteiger partial charge in [-0.15, -0.1) is 0 Å². The number of hydrogen-bond acceptors (Lipinski definition) is 4. The maximum absolute atomic E-state index is 12.0. The number of carbonyl (C=O) groups is 1. The normalized spacial score (nSPS) is 10.4. The van der Waals surface area contributed by atoms with Crippen LogP contribution >= 0.6 is 0 Å². The summed E-state index contributed by atoms with van der Waals surface area (Å²) in [6, 6.07) is 11.8. The number of aryl methyl sites for hydroxylation is 2. The van der Waals surface area contributed by atoms with E-state index in [1.165, 1.54) is 5.56 Å². The van der Waals surface area contributed by atoms with Gasteiger partial charge in [-0.25, -0.2) is 0 Å². The van der Waals surface area contributed by atoms with Crippen molar-refractivity contribution < 1.29 is 19.0 Å². The second-order valence-electron chi connectivity index (χ2n) is 6.54. The van der Waals surface area contributed by atoms with E-state index in [0.29, 0.717) is 31.1 Å². The third kappa shape index (κ3) is 6.51. The van der Waals surface area contributed by atoms with Crippen molar-refractivity contribution in [1.29, 1.82) is 0 Å². The molecule has 5 heteroatoms. The van der Waals surface area contributed by atoms with Crippen molar-refractivity contribution in [1.82, 2.24) is 5.32 Å². The van der Waals surface area contributed by atoms with Gasteiger partial charge in [0.15, 0.2) is 11.5 Å². The summed E-state index contributed by atoms with van der Waals surface area (Å²) >= 11 is 0. The first-order chi connectivity index (χ1) is 13.0. The molecule has 0 atom stereocenters. The highest BCUT2D eigenvalue weighted by atomic mass is 16.5. The summed E-state index contributed by atoms with van der Waals surface area (Å²) in [4.78, 5) is 12.0. The molecule has 0 radical (unpaired) electrons. The molecule has 2 aromatic carbocycles. The van der Waals surface area contributed by atoms with Gasteiger partial charge >= 0.3 is 0 Å². The molecule has 0 aliphatic carbocycles. The Hall–Kier alpha value is -2.69. The Morgan fingerprint density at radius 1 is 0.926 bits per heavy atom. The molecular weight excluding hydrogens is 342 g/mol. The van der Waals surface area contributed by atoms with E-state index >= 15 is 0 Å². The van der Waals surface area contributed by atoms with Crippen molar-refractivity contribution in [3.8, 4) is 17.2 Å². The third-order valence-corrected chi connectivity index (χ3v) is 4.34. The first kappa shape index (κ1) is 20.6. The lowest BCUT2D eigenvalue weighted by atomic mass is 10.1. The Balaban J connectivity index is 1.67. The molecule has 5 nitrogen and oxygen atoms in total. The molecule has 0 spiro atoms. The van der Waals surface area contributed by atoms with Gasteiger partial charge in [-0.3, -0.25) is 4.79 Å². The molecule has 0 aliphatic heterocycles. The lowest BCUT2D eigenvalue weighted by Crippen LogP contribution is -2.22. The Morgan fingerprint density at radius 3 is 2.44 bits per heavy atom. The smallest absolute Gasteiger partial charge is 0.220 e. The fraction of sp³-hybridized carbons (Fsp3) is 0.409. The second-order valence-corrected chi connectivity index (χ2v) is 6.54. The highest BCUT2D eigenvalue weighted by Crippen LogP contribution is 2.27. The summed E-state index contributed by atoms with van der Waals surface area (Å²) in [6.07, 6.45) is 2.13. The Morgan fingerprint density at radius 2 is 1.70 bits per heavy atom. The van der Waals surface area contributed by atoms with Crippen molar-refractivity contribution in [2.24, 2.45) is 0 Å². The number of unbranched alkanes of at least 4 members (excludes halogenated alkanes) is 1. The molecule has 2 aromatic rings. The number of rotatable bonds is 10. The zero-order chi connectivity index (χ0) is 19.6. The van der Waals surface area contributed by atoms with Gasteiger partial charge in [0.1, 0.15) is 5.75 Å². The van der Waals surface area contributed by atoms with Gasteiger partial charge in [-0.05, 0) is 61.6 Å². The van der Waals surface area contributed by atoms with Crippen molar-refractivity contribution in [3.63, 3.8) is 0 Å². The van der Waals surface area contributed by atoms with Crippen LogP contribution < -0.4 is 19.5 Å². The van der Waals surface area contributed by atoms with E-state index in [1.54, 1.807) is 14.2 Å². The second kappa shape index (κ2) is 10.5. The molecule has 0 heterocycles. The molecule has 0 bridgehead atoms. The van der Waals surface area contributed by atoms with Crippen LogP contribution in [0.3, 0.4) is 0 Å². The minimum atomic E-state index is 0.0384. The SMILES string of the molecule is COc1ccc(CNC(=O)CCCCOc2cc(C)ccc2C)cc1OC. The van der Waals surface area contributed by atoms with E-state index in [9.17, 15) is 4.79 Å². The summed E-state index contributed by atoms with van der Waals surface area (Å²) in [6.45, 7) is 5.18. The van der Waals surface area contributed by atoms with E-state index in [1.807, 2.05) is 31.2 Å². The van der Waals surface area contributed by atoms with E-state index in [4.69, 9.17) is 14.2 Å². The van der Waals surface area contributed by atoms with Crippen LogP contribution in [0.15, 0.2) is 36.4 Å². The molecule has 0 saturated carbocycles. The molecule has 146 valence electrons. The molecule has 0 aliphatic rings. The maximum atomic E-state index is 12.0. The van der Waals surface area contributed by atoms with Crippen LogP contribution in [0.2, 0.25) is 0 Å². The van der Waals surface area contributed by atoms with Crippen molar-refractivity contribution in [2.45, 2.75) is 39.7 Å². The monoisotopic (exact) mass is 371 g/mol. The van der Waals surface area contributed by atoms with Crippen LogP contribution in [-0.4, -0.2) is 26.7 Å². The molecule has 2 rings (SSSR count). The number of methoxy groups -OCH3 is 2. The van der Waals surface area contributed by atoms with Gasteiger partial charge in [-0.2, -0.15) is 0 Å². The number of amides is 1. The molecule has 1 amide bonds. The molecular formula is C22H29NO4. The Kier molecular flexibility index (Phi) is 7.99. The van der Waals surface area contributed by atoms with Gasteiger partial charge < -0.3 is 19.5 Å². The zero-order valence-corrected chi connectivity index (χ0v) is 16.6. The summed E-state index contributed by atoms with van der Waals surface area (Å²) in [5.41, 5.74) is 3.29. The summed E-state index contributed by atoms with van der Waals surface area (Å²) in [5.74, 6) is 2.30. The van der Waals surface area contributed by atoms with Crippen molar-refractivity contribution in [2.75, 3.05) is 20.8 Å². The summed E-state index contributed by atoms with van der Waals surface area (Å²) in [5, 5.41) is 2.94. The molecule has 1 N–H and O–H groups in total. The van der Waals surface area contributed by atoms with Gasteiger partial charge in [0.2, 0.25) is 5.91 Å². The van der Waals surface area contributed by atoms with E-state index in [2.05, 4.69) is 24.4 Å². The van der Waals surface area contributed by atoms with Gasteiger partial charge in [-0.1, -0.05) is 18.2 Å². The number of hydrogen-bond donors (Lipinski definition) is 1. The predicted octanol–water partition coefficient (Wildman–Crippen LogP) is 4.19. The standard InChI is InChI=1S/C22H29NO4/c1-16-8-9-17(2)20(13-16)27-12-6-5-7-22(24)23-15-18-10-11-19(25-3)21(14-18)26-4/h8-11,13-14H,5-7,12,15H2,1-4H3,(H,23,24). The minimum absolute atomic E-state index is 0.0384. The third-order valence-electron chi connectivity index (χ3n) is 4.34. The van der Waals surface area contributed by atoms with Crippen LogP contribution in [-0.2, 0) is 11.3 Å². The Labute approximate surface area is 161 Å². The molecule has 0 fully saturated rings. The van der Waals surface area contributed by atoms with Crippen LogP contribution in [0.1, 0.15) is 36.0 Å². The van der Waals surface area contributed by atoms with Crippen LogP contribution in [0.5, 0.6) is 17.2 Å². The average Bonchev–Trinajstić information content (AvgIpc) is 2.68. The molecule has 0 unspecified atom stereocenters. The minimum Gasteiger partial charge on any atom is -0.493 e. The van der Waals surface area contributed by atoms with Gasteiger partial charge in [0.25, 0.3) is 0 Å². The largest absolute Gasteiger partial charge is 0.493 e. The van der Waals surface area contributed by atoms with Crippen LogP contribution in [0.4, 0.5) is 0 Å². The Bertz CT molecular complexity index is 758. The van der Waals surface area contributed by atoms with Gasteiger partial charge in [0.05, 0.1) is 20.8 Å². The van der Waals surface area contributed by atoms with E-state index in [-0.39, 0.29) is 5.91 Å².